The Kier molecular flexibility index (Phi) is 5.59. The molecule has 0 saturated heterocycles. The van der Waals surface area contributed by atoms with E-state index >= 15 is 0 Å². The van der Waals surface area contributed by atoms with Gasteiger partial charge < -0.3 is 10.1 Å². The number of amides is 1. The number of ether oxygens (including phenoxy) is 1. The van der Waals surface area contributed by atoms with Crippen LogP contribution in [0.1, 0.15) is 36.1 Å². The Morgan fingerprint density at radius 2 is 1.82 bits per heavy atom. The van der Waals surface area contributed by atoms with Gasteiger partial charge in [-0.3, -0.25) is 4.79 Å². The first kappa shape index (κ1) is 16.1. The molecule has 0 saturated carbocycles. The summed E-state index contributed by atoms with van der Waals surface area (Å²) in [6, 6.07) is 15.9. The molecule has 0 spiro atoms. The molecule has 1 N–H and O–H groups in total. The van der Waals surface area contributed by atoms with Gasteiger partial charge in [-0.05, 0) is 49.1 Å². The number of aryl methyl sites for hydroxylation is 2. The van der Waals surface area contributed by atoms with Gasteiger partial charge in [-0.25, -0.2) is 0 Å². The van der Waals surface area contributed by atoms with Gasteiger partial charge in [0.1, 0.15) is 5.75 Å². The van der Waals surface area contributed by atoms with Crippen molar-refractivity contribution in [1.82, 2.24) is 5.32 Å². The Morgan fingerprint density at radius 3 is 2.45 bits per heavy atom. The minimum atomic E-state index is -0.103. The van der Waals surface area contributed by atoms with Crippen molar-refractivity contribution in [3.05, 3.63) is 65.2 Å². The zero-order chi connectivity index (χ0) is 15.9. The largest absolute Gasteiger partial charge is 0.484 e. The molecule has 116 valence electrons. The van der Waals surface area contributed by atoms with Crippen molar-refractivity contribution < 1.29 is 9.53 Å². The summed E-state index contributed by atoms with van der Waals surface area (Å²) in [6.07, 6.45) is 0.847. The average Bonchev–Trinajstić information content (AvgIpc) is 2.54. The van der Waals surface area contributed by atoms with Gasteiger partial charge in [0.25, 0.3) is 5.91 Å². The van der Waals surface area contributed by atoms with Gasteiger partial charge in [0, 0.05) is 0 Å². The molecule has 0 radical (unpaired) electrons. The van der Waals surface area contributed by atoms with Crippen LogP contribution in [0.25, 0.3) is 0 Å². The van der Waals surface area contributed by atoms with Gasteiger partial charge >= 0.3 is 0 Å². The predicted octanol–water partition coefficient (Wildman–Crippen LogP) is 3.95. The van der Waals surface area contributed by atoms with Crippen molar-refractivity contribution in [3.8, 4) is 5.75 Å². The third-order valence-corrected chi connectivity index (χ3v) is 3.79. The Hall–Kier alpha value is -2.29. The van der Waals surface area contributed by atoms with E-state index in [4.69, 9.17) is 4.74 Å². The second kappa shape index (κ2) is 7.64. The second-order valence-electron chi connectivity index (χ2n) is 5.47. The number of nitrogens with one attached hydrogen (secondary N) is 1. The van der Waals surface area contributed by atoms with Crippen LogP contribution in [0, 0.1) is 13.8 Å². The lowest BCUT2D eigenvalue weighted by Crippen LogP contribution is -2.32. The van der Waals surface area contributed by atoms with Crippen LogP contribution >= 0.6 is 0 Å². The van der Waals surface area contributed by atoms with E-state index in [1.54, 1.807) is 0 Å². The molecule has 1 atom stereocenters. The minimum absolute atomic E-state index is 0.0250. The highest BCUT2D eigenvalue weighted by molar-refractivity contribution is 5.78. The summed E-state index contributed by atoms with van der Waals surface area (Å²) >= 11 is 0. The highest BCUT2D eigenvalue weighted by Crippen LogP contribution is 2.17. The fraction of sp³-hybridized carbons (Fsp3) is 0.316. The van der Waals surface area contributed by atoms with E-state index in [2.05, 4.69) is 19.2 Å². The van der Waals surface area contributed by atoms with E-state index in [1.165, 1.54) is 5.56 Å². The molecule has 2 aromatic carbocycles. The summed E-state index contributed by atoms with van der Waals surface area (Å²) in [5.41, 5.74) is 3.49. The molecule has 2 aromatic rings. The fourth-order valence-corrected chi connectivity index (χ4v) is 2.30. The van der Waals surface area contributed by atoms with E-state index in [-0.39, 0.29) is 18.6 Å². The molecule has 0 fully saturated rings. The van der Waals surface area contributed by atoms with Crippen molar-refractivity contribution in [3.63, 3.8) is 0 Å². The predicted molar refractivity (Wildman–Crippen MR) is 89.0 cm³/mol. The molecule has 1 amide bonds. The average molecular weight is 297 g/mol. The number of carbonyl (C=O) groups excluding carboxylic acids is 1. The monoisotopic (exact) mass is 297 g/mol. The maximum Gasteiger partial charge on any atom is 0.258 e. The smallest absolute Gasteiger partial charge is 0.258 e. The molecule has 3 nitrogen and oxygen atoms in total. The topological polar surface area (TPSA) is 38.3 Å². The molecule has 0 heterocycles. The molecular formula is C19H23NO2. The Morgan fingerprint density at radius 1 is 1.09 bits per heavy atom. The maximum absolute atomic E-state index is 12.1. The summed E-state index contributed by atoms with van der Waals surface area (Å²) in [4.78, 5) is 12.1. The first-order valence-corrected chi connectivity index (χ1v) is 7.64. The summed E-state index contributed by atoms with van der Waals surface area (Å²) in [5, 5.41) is 3.02. The van der Waals surface area contributed by atoms with Crippen molar-refractivity contribution in [2.45, 2.75) is 33.2 Å². The van der Waals surface area contributed by atoms with E-state index < -0.39 is 0 Å². The van der Waals surface area contributed by atoms with Gasteiger partial charge in [-0.2, -0.15) is 0 Å². The van der Waals surface area contributed by atoms with Crippen molar-refractivity contribution in [2.24, 2.45) is 0 Å². The zero-order valence-corrected chi connectivity index (χ0v) is 13.4. The molecule has 0 aliphatic rings. The Bertz CT molecular complexity index is 623. The van der Waals surface area contributed by atoms with Gasteiger partial charge in [-0.1, -0.05) is 43.3 Å². The normalized spacial score (nSPS) is 11.8. The zero-order valence-electron chi connectivity index (χ0n) is 13.4. The van der Waals surface area contributed by atoms with E-state index in [1.807, 2.05) is 55.5 Å². The molecule has 2 rings (SSSR count). The molecule has 0 aromatic heterocycles. The third kappa shape index (κ3) is 4.35. The molecular weight excluding hydrogens is 274 g/mol. The van der Waals surface area contributed by atoms with Crippen molar-refractivity contribution in [2.75, 3.05) is 6.61 Å². The molecule has 0 aliphatic carbocycles. The van der Waals surface area contributed by atoms with E-state index in [0.29, 0.717) is 0 Å². The molecule has 1 unspecified atom stereocenters. The number of hydrogen-bond donors (Lipinski definition) is 1. The summed E-state index contributed by atoms with van der Waals surface area (Å²) in [7, 11) is 0. The Balaban J connectivity index is 1.90. The van der Waals surface area contributed by atoms with Crippen LogP contribution in [0.2, 0.25) is 0 Å². The van der Waals surface area contributed by atoms with E-state index in [9.17, 15) is 4.79 Å². The highest BCUT2D eigenvalue weighted by atomic mass is 16.5. The molecule has 22 heavy (non-hydrogen) atoms. The quantitative estimate of drug-likeness (QED) is 0.876. The number of carbonyl (C=O) groups is 1. The third-order valence-electron chi connectivity index (χ3n) is 3.79. The number of benzene rings is 2. The fourth-order valence-electron chi connectivity index (χ4n) is 2.30. The second-order valence-corrected chi connectivity index (χ2v) is 5.47. The molecule has 0 aliphatic heterocycles. The van der Waals surface area contributed by atoms with Gasteiger partial charge in [0.2, 0.25) is 0 Å². The van der Waals surface area contributed by atoms with Gasteiger partial charge in [0.05, 0.1) is 6.04 Å². The number of rotatable bonds is 6. The lowest BCUT2D eigenvalue weighted by atomic mass is 10.0. The summed E-state index contributed by atoms with van der Waals surface area (Å²) in [5.74, 6) is 0.625. The van der Waals surface area contributed by atoms with Crippen LogP contribution in [-0.2, 0) is 4.79 Å². The van der Waals surface area contributed by atoms with Crippen molar-refractivity contribution in [1.29, 1.82) is 0 Å². The number of hydrogen-bond acceptors (Lipinski definition) is 2. The lowest BCUT2D eigenvalue weighted by Gasteiger charge is -2.17. The lowest BCUT2D eigenvalue weighted by molar-refractivity contribution is -0.123. The summed E-state index contributed by atoms with van der Waals surface area (Å²) < 4.78 is 5.57. The van der Waals surface area contributed by atoms with Crippen molar-refractivity contribution >= 4 is 5.91 Å². The van der Waals surface area contributed by atoms with Crippen LogP contribution in [0.15, 0.2) is 48.5 Å². The SMILES string of the molecule is CCC(NC(=O)COc1ccc(C)c(C)c1)c1ccccc1. The molecule has 3 heteroatoms. The standard InChI is InChI=1S/C19H23NO2/c1-4-18(16-8-6-5-7-9-16)20-19(21)13-22-17-11-10-14(2)15(3)12-17/h5-12,18H,4,13H2,1-3H3,(H,20,21). The van der Waals surface area contributed by atoms with Crippen LogP contribution < -0.4 is 10.1 Å². The van der Waals surface area contributed by atoms with E-state index in [0.717, 1.165) is 23.3 Å². The van der Waals surface area contributed by atoms with Crippen LogP contribution in [-0.4, -0.2) is 12.5 Å². The first-order chi connectivity index (χ1) is 10.6. The molecule has 0 bridgehead atoms. The Labute approximate surface area is 132 Å². The van der Waals surface area contributed by atoms with Crippen LogP contribution in [0.5, 0.6) is 5.75 Å². The highest BCUT2D eigenvalue weighted by Gasteiger charge is 2.12. The first-order valence-electron chi connectivity index (χ1n) is 7.64. The van der Waals surface area contributed by atoms with Gasteiger partial charge in [-0.15, -0.1) is 0 Å². The maximum atomic E-state index is 12.1. The summed E-state index contributed by atoms with van der Waals surface area (Å²) in [6.45, 7) is 6.18. The van der Waals surface area contributed by atoms with Crippen LogP contribution in [0.3, 0.4) is 0 Å². The van der Waals surface area contributed by atoms with Crippen LogP contribution in [0.4, 0.5) is 0 Å². The van der Waals surface area contributed by atoms with Gasteiger partial charge in [0.15, 0.2) is 6.61 Å². The minimum Gasteiger partial charge on any atom is -0.484 e.